The molecule has 0 aliphatic heterocycles. The van der Waals surface area contributed by atoms with Crippen molar-refractivity contribution in [3.8, 4) is 0 Å². The fraction of sp³-hybridized carbons (Fsp3) is 0.889. The van der Waals surface area contributed by atoms with E-state index in [1.165, 1.54) is 96.3 Å². The summed E-state index contributed by atoms with van der Waals surface area (Å²) in [7, 11) is 0. The standard InChI is InChI=1S/C27H53NO3.ClH/c1-4-5-6-7-8-9-10-11-12-13-14-15-16-17-18-19-20-21-22-23-26(31)28-27(24(2)29)25(3)30;/h11-12,24-25,27,29-30H,4-10,13-23H2,1-3H3,(H,28,31);1H. The first-order chi connectivity index (χ1) is 15.0. The summed E-state index contributed by atoms with van der Waals surface area (Å²) in [6.07, 6.45) is 25.6. The third kappa shape index (κ3) is 22.6. The third-order valence-corrected chi connectivity index (χ3v) is 6.03. The summed E-state index contributed by atoms with van der Waals surface area (Å²) in [5.41, 5.74) is 0. The van der Waals surface area contributed by atoms with Gasteiger partial charge in [0.25, 0.3) is 0 Å². The van der Waals surface area contributed by atoms with Crippen LogP contribution in [0.4, 0.5) is 0 Å². The smallest absolute Gasteiger partial charge is 0.220 e. The molecule has 0 aromatic rings. The molecule has 0 saturated heterocycles. The number of hydrogen-bond donors (Lipinski definition) is 3. The van der Waals surface area contributed by atoms with Crippen LogP contribution < -0.4 is 5.32 Å². The molecule has 2 unspecified atom stereocenters. The Morgan fingerprint density at radius 2 is 1.06 bits per heavy atom. The Hall–Kier alpha value is -0.580. The van der Waals surface area contributed by atoms with Crippen LogP contribution in [-0.2, 0) is 4.79 Å². The molecule has 0 aliphatic rings. The summed E-state index contributed by atoms with van der Waals surface area (Å²) >= 11 is 0. The summed E-state index contributed by atoms with van der Waals surface area (Å²) in [6, 6.07) is -0.580. The predicted octanol–water partition coefficient (Wildman–Crippen LogP) is 7.25. The molecule has 0 fully saturated rings. The van der Waals surface area contributed by atoms with Crippen LogP contribution in [0.25, 0.3) is 0 Å². The quantitative estimate of drug-likeness (QED) is 0.114. The molecule has 3 N–H and O–H groups in total. The Labute approximate surface area is 205 Å². The topological polar surface area (TPSA) is 69.6 Å². The Morgan fingerprint density at radius 1 is 0.688 bits per heavy atom. The van der Waals surface area contributed by atoms with E-state index in [0.717, 1.165) is 12.8 Å². The molecule has 0 heterocycles. The van der Waals surface area contributed by atoms with Crippen molar-refractivity contribution >= 4 is 18.3 Å². The fourth-order valence-corrected chi connectivity index (χ4v) is 3.97. The molecule has 5 heteroatoms. The summed E-state index contributed by atoms with van der Waals surface area (Å²) in [4.78, 5) is 11.9. The minimum atomic E-state index is -0.745. The minimum absolute atomic E-state index is 0. The number of carbonyl (C=O) groups excluding carboxylic acids is 1. The molecule has 0 radical (unpaired) electrons. The molecular weight excluding hydrogens is 422 g/mol. The maximum atomic E-state index is 11.9. The summed E-state index contributed by atoms with van der Waals surface area (Å²) in [5.74, 6) is -0.0761. The number of halogens is 1. The number of hydrogen-bond acceptors (Lipinski definition) is 3. The Balaban J connectivity index is 0. The van der Waals surface area contributed by atoms with Crippen molar-refractivity contribution in [2.24, 2.45) is 0 Å². The second-order valence-electron chi connectivity index (χ2n) is 9.32. The van der Waals surface area contributed by atoms with Crippen LogP contribution in [0.5, 0.6) is 0 Å². The van der Waals surface area contributed by atoms with Crippen LogP contribution in [0.2, 0.25) is 0 Å². The van der Waals surface area contributed by atoms with Gasteiger partial charge in [0.2, 0.25) is 5.91 Å². The first kappa shape index (κ1) is 33.6. The van der Waals surface area contributed by atoms with Crippen LogP contribution in [0.15, 0.2) is 12.2 Å². The lowest BCUT2D eigenvalue weighted by Crippen LogP contribution is -2.48. The molecular formula is C27H54ClNO3. The van der Waals surface area contributed by atoms with Crippen LogP contribution in [-0.4, -0.2) is 34.4 Å². The monoisotopic (exact) mass is 475 g/mol. The lowest BCUT2D eigenvalue weighted by atomic mass is 10.0. The summed E-state index contributed by atoms with van der Waals surface area (Å²) in [5, 5.41) is 21.9. The van der Waals surface area contributed by atoms with Gasteiger partial charge in [-0.15, -0.1) is 12.4 Å². The van der Waals surface area contributed by atoms with Crippen molar-refractivity contribution in [1.29, 1.82) is 0 Å². The highest BCUT2D eigenvalue weighted by molar-refractivity contribution is 5.85. The second kappa shape index (κ2) is 25.1. The molecule has 0 aromatic heterocycles. The van der Waals surface area contributed by atoms with E-state index in [1.807, 2.05) is 0 Å². The lowest BCUT2D eigenvalue weighted by molar-refractivity contribution is -0.123. The fourth-order valence-electron chi connectivity index (χ4n) is 3.97. The van der Waals surface area contributed by atoms with Gasteiger partial charge in [0.1, 0.15) is 0 Å². The van der Waals surface area contributed by atoms with Crippen LogP contribution in [0, 0.1) is 0 Å². The Morgan fingerprint density at radius 3 is 1.47 bits per heavy atom. The summed E-state index contributed by atoms with van der Waals surface area (Å²) < 4.78 is 0. The number of amides is 1. The molecule has 2 atom stereocenters. The highest BCUT2D eigenvalue weighted by atomic mass is 35.5. The third-order valence-electron chi connectivity index (χ3n) is 6.03. The van der Waals surface area contributed by atoms with Crippen molar-refractivity contribution in [3.63, 3.8) is 0 Å². The number of aliphatic hydroxyl groups excluding tert-OH is 2. The Kier molecular flexibility index (Phi) is 26.3. The zero-order valence-electron chi connectivity index (χ0n) is 21.3. The van der Waals surface area contributed by atoms with E-state index >= 15 is 0 Å². The van der Waals surface area contributed by atoms with Gasteiger partial charge in [-0.25, -0.2) is 0 Å². The number of carbonyl (C=O) groups is 1. The molecule has 4 nitrogen and oxygen atoms in total. The maximum Gasteiger partial charge on any atom is 0.220 e. The number of unbranched alkanes of at least 4 members (excludes halogenated alkanes) is 15. The van der Waals surface area contributed by atoms with E-state index in [9.17, 15) is 15.0 Å². The van der Waals surface area contributed by atoms with E-state index < -0.39 is 18.2 Å². The lowest BCUT2D eigenvalue weighted by Gasteiger charge is -2.24. The van der Waals surface area contributed by atoms with Crippen molar-refractivity contribution in [2.75, 3.05) is 0 Å². The molecule has 0 aromatic carbocycles. The van der Waals surface area contributed by atoms with Crippen LogP contribution >= 0.6 is 12.4 Å². The molecule has 0 bridgehead atoms. The molecule has 192 valence electrons. The van der Waals surface area contributed by atoms with Crippen molar-refractivity contribution in [3.05, 3.63) is 12.2 Å². The first-order valence-electron chi connectivity index (χ1n) is 13.3. The average molecular weight is 476 g/mol. The largest absolute Gasteiger partial charge is 0.391 e. The van der Waals surface area contributed by atoms with E-state index in [0.29, 0.717) is 6.42 Å². The summed E-state index contributed by atoms with van der Waals surface area (Å²) in [6.45, 7) is 5.45. The molecule has 1 amide bonds. The van der Waals surface area contributed by atoms with Gasteiger partial charge >= 0.3 is 0 Å². The van der Waals surface area contributed by atoms with E-state index in [4.69, 9.17) is 0 Å². The zero-order chi connectivity index (χ0) is 23.2. The van der Waals surface area contributed by atoms with Crippen molar-refractivity contribution in [2.45, 2.75) is 155 Å². The normalized spacial score (nSPS) is 14.2. The maximum absolute atomic E-state index is 11.9. The number of rotatable bonds is 22. The number of nitrogens with one attached hydrogen (secondary N) is 1. The second-order valence-corrected chi connectivity index (χ2v) is 9.32. The molecule has 0 saturated carbocycles. The van der Waals surface area contributed by atoms with Gasteiger partial charge < -0.3 is 15.5 Å². The van der Waals surface area contributed by atoms with Gasteiger partial charge in [-0.05, 0) is 46.0 Å². The number of aliphatic hydroxyl groups is 2. The van der Waals surface area contributed by atoms with E-state index in [2.05, 4.69) is 24.4 Å². The highest BCUT2D eigenvalue weighted by Gasteiger charge is 2.22. The van der Waals surface area contributed by atoms with E-state index in [-0.39, 0.29) is 18.3 Å². The van der Waals surface area contributed by atoms with Crippen LogP contribution in [0.1, 0.15) is 136 Å². The molecule has 32 heavy (non-hydrogen) atoms. The van der Waals surface area contributed by atoms with Crippen molar-refractivity contribution < 1.29 is 15.0 Å². The van der Waals surface area contributed by atoms with Gasteiger partial charge in [0.05, 0.1) is 18.2 Å². The number of allylic oxidation sites excluding steroid dienone is 2. The van der Waals surface area contributed by atoms with Gasteiger partial charge in [-0.3, -0.25) is 4.79 Å². The van der Waals surface area contributed by atoms with Crippen LogP contribution in [0.3, 0.4) is 0 Å². The highest BCUT2D eigenvalue weighted by Crippen LogP contribution is 2.12. The van der Waals surface area contributed by atoms with Crippen molar-refractivity contribution in [1.82, 2.24) is 5.32 Å². The van der Waals surface area contributed by atoms with E-state index in [1.54, 1.807) is 13.8 Å². The van der Waals surface area contributed by atoms with Gasteiger partial charge in [0.15, 0.2) is 0 Å². The molecule has 0 spiro atoms. The van der Waals surface area contributed by atoms with Gasteiger partial charge in [0, 0.05) is 6.42 Å². The zero-order valence-corrected chi connectivity index (χ0v) is 22.1. The first-order valence-corrected chi connectivity index (χ1v) is 13.3. The van der Waals surface area contributed by atoms with Gasteiger partial charge in [-0.2, -0.15) is 0 Å². The minimum Gasteiger partial charge on any atom is -0.391 e. The predicted molar refractivity (Wildman–Crippen MR) is 140 cm³/mol. The SMILES string of the molecule is CCCCCCCCC=CCCCCCCCCCCCC(=O)NC(C(C)O)C(C)O.Cl. The molecule has 0 aliphatic carbocycles. The average Bonchev–Trinajstić information content (AvgIpc) is 2.73. The Bertz CT molecular complexity index is 419. The molecule has 0 rings (SSSR count). The van der Waals surface area contributed by atoms with Gasteiger partial charge in [-0.1, -0.05) is 96.1 Å².